The summed E-state index contributed by atoms with van der Waals surface area (Å²) in [6.45, 7) is 1.92. The Balaban J connectivity index is 1.73. The molecule has 3 rings (SSSR count). The number of non-ortho nitro benzene ring substituents is 1. The third-order valence-corrected chi connectivity index (χ3v) is 4.08. The van der Waals surface area contributed by atoms with Gasteiger partial charge < -0.3 is 0 Å². The van der Waals surface area contributed by atoms with Crippen molar-refractivity contribution in [3.8, 4) is 0 Å². The van der Waals surface area contributed by atoms with Crippen molar-refractivity contribution in [2.75, 3.05) is 6.54 Å². The first-order valence-corrected chi connectivity index (χ1v) is 7.26. The summed E-state index contributed by atoms with van der Waals surface area (Å²) in [4.78, 5) is 12.8. The summed E-state index contributed by atoms with van der Waals surface area (Å²) in [5, 5.41) is 10.7. The molecule has 0 amide bonds. The molecule has 0 radical (unpaired) electrons. The summed E-state index contributed by atoms with van der Waals surface area (Å²) >= 11 is 0. The van der Waals surface area contributed by atoms with E-state index in [1.807, 2.05) is 18.2 Å². The molecular weight excluding hydrogens is 264 g/mol. The summed E-state index contributed by atoms with van der Waals surface area (Å²) < 4.78 is 0. The van der Waals surface area contributed by atoms with Gasteiger partial charge in [0.2, 0.25) is 0 Å². The van der Waals surface area contributed by atoms with Gasteiger partial charge in [0.1, 0.15) is 0 Å². The van der Waals surface area contributed by atoms with Crippen LogP contribution in [0.1, 0.15) is 30.0 Å². The number of hydrogen-bond donors (Lipinski definition) is 0. The van der Waals surface area contributed by atoms with Crippen LogP contribution in [0.2, 0.25) is 0 Å². The van der Waals surface area contributed by atoms with Crippen LogP contribution in [0.5, 0.6) is 0 Å². The molecule has 21 heavy (non-hydrogen) atoms. The highest BCUT2D eigenvalue weighted by atomic mass is 16.6. The Morgan fingerprint density at radius 2 is 1.81 bits per heavy atom. The molecule has 4 nitrogen and oxygen atoms in total. The average Bonchev–Trinajstić information content (AvgIpc) is 2.97. The second-order valence-electron chi connectivity index (χ2n) is 5.46. The molecule has 1 saturated heterocycles. The maximum atomic E-state index is 10.7. The minimum atomic E-state index is -0.355. The van der Waals surface area contributed by atoms with Gasteiger partial charge in [-0.2, -0.15) is 0 Å². The monoisotopic (exact) mass is 282 g/mol. The van der Waals surface area contributed by atoms with Gasteiger partial charge in [0.05, 0.1) is 4.92 Å². The van der Waals surface area contributed by atoms with Crippen LogP contribution in [-0.2, 0) is 6.54 Å². The number of nitrogens with zero attached hydrogens (tertiary/aromatic N) is 2. The third kappa shape index (κ3) is 3.11. The minimum absolute atomic E-state index is 0.153. The standard InChI is InChI=1S/C17H18N2O2/c20-19(21)16-10-8-14(9-11-16)13-18-12-4-7-17(18)15-5-2-1-3-6-15/h1-3,5-6,8-11,17H,4,7,12-13H2/t17-/m1/s1. The van der Waals surface area contributed by atoms with Gasteiger partial charge in [-0.05, 0) is 30.5 Å². The highest BCUT2D eigenvalue weighted by Gasteiger charge is 2.25. The fraction of sp³-hybridized carbons (Fsp3) is 0.294. The summed E-state index contributed by atoms with van der Waals surface area (Å²) in [5.41, 5.74) is 2.64. The minimum Gasteiger partial charge on any atom is -0.292 e. The van der Waals surface area contributed by atoms with Gasteiger partial charge >= 0.3 is 0 Å². The summed E-state index contributed by atoms with van der Waals surface area (Å²) in [6.07, 6.45) is 2.38. The van der Waals surface area contributed by atoms with Gasteiger partial charge in [0.25, 0.3) is 5.69 Å². The first-order valence-electron chi connectivity index (χ1n) is 7.26. The molecule has 1 heterocycles. The van der Waals surface area contributed by atoms with E-state index in [-0.39, 0.29) is 10.6 Å². The molecule has 0 spiro atoms. The zero-order chi connectivity index (χ0) is 14.7. The van der Waals surface area contributed by atoms with E-state index in [0.717, 1.165) is 18.7 Å². The smallest absolute Gasteiger partial charge is 0.269 e. The highest BCUT2D eigenvalue weighted by Crippen LogP contribution is 2.33. The summed E-state index contributed by atoms with van der Waals surface area (Å²) in [6, 6.07) is 17.9. The largest absolute Gasteiger partial charge is 0.292 e. The molecule has 2 aromatic carbocycles. The lowest BCUT2D eigenvalue weighted by Gasteiger charge is -2.24. The molecule has 1 fully saturated rings. The fourth-order valence-corrected chi connectivity index (χ4v) is 3.03. The first-order chi connectivity index (χ1) is 10.2. The van der Waals surface area contributed by atoms with Gasteiger partial charge in [-0.1, -0.05) is 42.5 Å². The zero-order valence-corrected chi connectivity index (χ0v) is 11.8. The van der Waals surface area contributed by atoms with Crippen LogP contribution < -0.4 is 0 Å². The van der Waals surface area contributed by atoms with Crippen LogP contribution in [0.15, 0.2) is 54.6 Å². The molecule has 0 N–H and O–H groups in total. The van der Waals surface area contributed by atoms with Crippen LogP contribution in [0, 0.1) is 10.1 Å². The molecule has 0 unspecified atom stereocenters. The lowest BCUT2D eigenvalue weighted by molar-refractivity contribution is -0.384. The molecule has 2 aromatic rings. The Bertz CT molecular complexity index is 610. The Labute approximate surface area is 124 Å². The van der Waals surface area contributed by atoms with Gasteiger partial charge in [0.15, 0.2) is 0 Å². The predicted octanol–water partition coefficient (Wildman–Crippen LogP) is 3.93. The van der Waals surface area contributed by atoms with E-state index in [1.54, 1.807) is 12.1 Å². The fourth-order valence-electron chi connectivity index (χ4n) is 3.03. The molecule has 0 saturated carbocycles. The van der Waals surface area contributed by atoms with Crippen LogP contribution in [0.3, 0.4) is 0 Å². The molecular formula is C17H18N2O2. The number of rotatable bonds is 4. The zero-order valence-electron chi connectivity index (χ0n) is 11.8. The van der Waals surface area contributed by atoms with Crippen LogP contribution in [0.25, 0.3) is 0 Å². The second kappa shape index (κ2) is 6.06. The maximum Gasteiger partial charge on any atom is 0.269 e. The van der Waals surface area contributed by atoms with Crippen molar-refractivity contribution < 1.29 is 4.92 Å². The van der Waals surface area contributed by atoms with Crippen molar-refractivity contribution in [2.45, 2.75) is 25.4 Å². The lowest BCUT2D eigenvalue weighted by atomic mass is 10.0. The molecule has 1 aliphatic rings. The number of hydrogen-bond acceptors (Lipinski definition) is 3. The average molecular weight is 282 g/mol. The summed E-state index contributed by atoms with van der Waals surface area (Å²) in [5.74, 6) is 0. The van der Waals surface area contributed by atoms with Crippen LogP contribution in [-0.4, -0.2) is 16.4 Å². The topological polar surface area (TPSA) is 46.4 Å². The quantitative estimate of drug-likeness (QED) is 0.630. The van der Waals surface area contributed by atoms with E-state index in [0.29, 0.717) is 6.04 Å². The van der Waals surface area contributed by atoms with Gasteiger partial charge in [-0.3, -0.25) is 15.0 Å². The molecule has 1 aliphatic heterocycles. The van der Waals surface area contributed by atoms with Crippen molar-refractivity contribution in [1.82, 2.24) is 4.90 Å². The molecule has 0 aromatic heterocycles. The van der Waals surface area contributed by atoms with Gasteiger partial charge in [-0.25, -0.2) is 0 Å². The Kier molecular flexibility index (Phi) is 3.97. The number of likely N-dealkylation sites (tertiary alicyclic amines) is 1. The van der Waals surface area contributed by atoms with Crippen molar-refractivity contribution in [1.29, 1.82) is 0 Å². The number of nitro groups is 1. The maximum absolute atomic E-state index is 10.7. The van der Waals surface area contributed by atoms with E-state index in [2.05, 4.69) is 29.2 Å². The normalized spacial score (nSPS) is 18.8. The van der Waals surface area contributed by atoms with Crippen molar-refractivity contribution in [3.05, 3.63) is 75.8 Å². The number of benzene rings is 2. The molecule has 4 heteroatoms. The van der Waals surface area contributed by atoms with Gasteiger partial charge in [0, 0.05) is 24.7 Å². The number of nitro benzene ring substituents is 1. The Hall–Kier alpha value is -2.20. The molecule has 108 valence electrons. The van der Waals surface area contributed by atoms with E-state index < -0.39 is 0 Å². The van der Waals surface area contributed by atoms with Crippen molar-refractivity contribution in [2.24, 2.45) is 0 Å². The van der Waals surface area contributed by atoms with E-state index in [9.17, 15) is 10.1 Å². The molecule has 0 bridgehead atoms. The van der Waals surface area contributed by atoms with E-state index >= 15 is 0 Å². The van der Waals surface area contributed by atoms with Gasteiger partial charge in [-0.15, -0.1) is 0 Å². The molecule has 1 atom stereocenters. The Morgan fingerprint density at radius 1 is 1.10 bits per heavy atom. The third-order valence-electron chi connectivity index (χ3n) is 4.08. The first kappa shape index (κ1) is 13.8. The SMILES string of the molecule is O=[N+]([O-])c1ccc(CN2CCC[C@@H]2c2ccccc2)cc1. The van der Waals surface area contributed by atoms with E-state index in [1.165, 1.54) is 18.4 Å². The van der Waals surface area contributed by atoms with Crippen LogP contribution in [0.4, 0.5) is 5.69 Å². The molecule has 0 aliphatic carbocycles. The summed E-state index contributed by atoms with van der Waals surface area (Å²) in [7, 11) is 0. The second-order valence-corrected chi connectivity index (χ2v) is 5.46. The highest BCUT2D eigenvalue weighted by molar-refractivity contribution is 5.33. The van der Waals surface area contributed by atoms with Crippen molar-refractivity contribution >= 4 is 5.69 Å². The van der Waals surface area contributed by atoms with Crippen LogP contribution >= 0.6 is 0 Å². The Morgan fingerprint density at radius 3 is 2.48 bits per heavy atom. The predicted molar refractivity (Wildman–Crippen MR) is 81.9 cm³/mol. The van der Waals surface area contributed by atoms with E-state index in [4.69, 9.17) is 0 Å². The van der Waals surface area contributed by atoms with Crippen molar-refractivity contribution in [3.63, 3.8) is 0 Å². The lowest BCUT2D eigenvalue weighted by Crippen LogP contribution is -2.22.